The summed E-state index contributed by atoms with van der Waals surface area (Å²) in [6.07, 6.45) is 4.48. The standard InChI is InChI=1S/C24H22N2OS2/c27-23-21-19-13-7-8-14-20(19)29-22(21)25-24(28-16-18-11-5-2-6-12-18)26(23)15-17-9-3-1-4-10-17/h1-6,9-12H,7-8,13-16H2. The molecule has 0 aliphatic heterocycles. The molecule has 1 aliphatic carbocycles. The van der Waals surface area contributed by atoms with E-state index in [1.54, 1.807) is 23.1 Å². The van der Waals surface area contributed by atoms with Crippen LogP contribution in [0.2, 0.25) is 0 Å². The molecule has 1 aliphatic rings. The van der Waals surface area contributed by atoms with Gasteiger partial charge in [0.05, 0.1) is 11.9 Å². The monoisotopic (exact) mass is 418 g/mol. The van der Waals surface area contributed by atoms with Gasteiger partial charge in [0, 0.05) is 10.6 Å². The molecule has 3 nitrogen and oxygen atoms in total. The van der Waals surface area contributed by atoms with E-state index in [0.717, 1.165) is 39.5 Å². The molecule has 4 aromatic rings. The molecule has 2 heterocycles. The maximum atomic E-state index is 13.6. The van der Waals surface area contributed by atoms with Gasteiger partial charge in [-0.05, 0) is 42.4 Å². The SMILES string of the molecule is O=c1c2c3c(sc2nc(SCc2ccccc2)n1Cc1ccccc1)CCCC3. The van der Waals surface area contributed by atoms with E-state index in [4.69, 9.17) is 4.98 Å². The second-order valence-corrected chi connectivity index (χ2v) is 9.46. The molecule has 29 heavy (non-hydrogen) atoms. The molecule has 5 heteroatoms. The van der Waals surface area contributed by atoms with Crippen molar-refractivity contribution in [2.45, 2.75) is 43.1 Å². The van der Waals surface area contributed by atoms with Gasteiger partial charge in [-0.2, -0.15) is 0 Å². The van der Waals surface area contributed by atoms with E-state index in [2.05, 4.69) is 36.4 Å². The fraction of sp³-hybridized carbons (Fsp3) is 0.250. The first-order valence-electron chi connectivity index (χ1n) is 10.1. The van der Waals surface area contributed by atoms with Crippen LogP contribution in [-0.2, 0) is 25.1 Å². The maximum Gasteiger partial charge on any atom is 0.263 e. The topological polar surface area (TPSA) is 34.9 Å². The Morgan fingerprint density at radius 3 is 2.38 bits per heavy atom. The van der Waals surface area contributed by atoms with Gasteiger partial charge in [0.2, 0.25) is 0 Å². The molecule has 0 amide bonds. The van der Waals surface area contributed by atoms with Gasteiger partial charge in [-0.15, -0.1) is 11.3 Å². The average molecular weight is 419 g/mol. The minimum absolute atomic E-state index is 0.119. The van der Waals surface area contributed by atoms with Crippen molar-refractivity contribution >= 4 is 33.3 Å². The lowest BCUT2D eigenvalue weighted by molar-refractivity contribution is 0.656. The Balaban J connectivity index is 1.61. The molecule has 5 rings (SSSR count). The van der Waals surface area contributed by atoms with Crippen molar-refractivity contribution in [1.82, 2.24) is 9.55 Å². The normalized spacial score (nSPS) is 13.5. The van der Waals surface area contributed by atoms with E-state index in [0.29, 0.717) is 6.54 Å². The van der Waals surface area contributed by atoms with Gasteiger partial charge in [-0.3, -0.25) is 9.36 Å². The van der Waals surface area contributed by atoms with Crippen LogP contribution in [0.25, 0.3) is 10.2 Å². The summed E-state index contributed by atoms with van der Waals surface area (Å²) in [6, 6.07) is 20.6. The van der Waals surface area contributed by atoms with Crippen molar-refractivity contribution in [3.05, 3.63) is 92.6 Å². The van der Waals surface area contributed by atoms with E-state index in [9.17, 15) is 4.79 Å². The fourth-order valence-electron chi connectivity index (χ4n) is 3.96. The Bertz CT molecular complexity index is 1200. The Morgan fingerprint density at radius 2 is 1.62 bits per heavy atom. The minimum atomic E-state index is 0.119. The molecule has 2 aromatic carbocycles. The van der Waals surface area contributed by atoms with Gasteiger partial charge in [0.1, 0.15) is 4.83 Å². The van der Waals surface area contributed by atoms with Crippen LogP contribution in [0.3, 0.4) is 0 Å². The molecule has 0 unspecified atom stereocenters. The van der Waals surface area contributed by atoms with Gasteiger partial charge in [0.15, 0.2) is 5.16 Å². The highest BCUT2D eigenvalue weighted by Crippen LogP contribution is 2.35. The van der Waals surface area contributed by atoms with E-state index in [1.807, 2.05) is 28.8 Å². The lowest BCUT2D eigenvalue weighted by Gasteiger charge is -2.14. The van der Waals surface area contributed by atoms with Crippen molar-refractivity contribution in [1.29, 1.82) is 0 Å². The quantitative estimate of drug-likeness (QED) is 0.309. The smallest absolute Gasteiger partial charge is 0.263 e. The van der Waals surface area contributed by atoms with E-state index < -0.39 is 0 Å². The summed E-state index contributed by atoms with van der Waals surface area (Å²) in [5, 5.41) is 1.68. The van der Waals surface area contributed by atoms with Crippen molar-refractivity contribution in [3.63, 3.8) is 0 Å². The lowest BCUT2D eigenvalue weighted by atomic mass is 9.97. The molecule has 0 saturated carbocycles. The van der Waals surface area contributed by atoms with Crippen LogP contribution in [0.1, 0.15) is 34.4 Å². The number of aromatic nitrogens is 2. The Morgan fingerprint density at radius 1 is 0.931 bits per heavy atom. The number of thiophene rings is 1. The lowest BCUT2D eigenvalue weighted by Crippen LogP contribution is -2.24. The number of aryl methyl sites for hydroxylation is 2. The van der Waals surface area contributed by atoms with Crippen LogP contribution in [0.15, 0.2) is 70.6 Å². The highest BCUT2D eigenvalue weighted by molar-refractivity contribution is 7.98. The van der Waals surface area contributed by atoms with Crippen LogP contribution < -0.4 is 5.56 Å². The van der Waals surface area contributed by atoms with E-state index in [-0.39, 0.29) is 5.56 Å². The Hall–Kier alpha value is -2.37. The summed E-state index contributed by atoms with van der Waals surface area (Å²) in [5.74, 6) is 0.804. The summed E-state index contributed by atoms with van der Waals surface area (Å²) in [7, 11) is 0. The number of hydrogen-bond donors (Lipinski definition) is 0. The van der Waals surface area contributed by atoms with Gasteiger partial charge < -0.3 is 0 Å². The van der Waals surface area contributed by atoms with Crippen molar-refractivity contribution in [2.24, 2.45) is 0 Å². The molecular formula is C24H22N2OS2. The fourth-order valence-corrected chi connectivity index (χ4v) is 6.21. The summed E-state index contributed by atoms with van der Waals surface area (Å²) < 4.78 is 1.88. The van der Waals surface area contributed by atoms with Gasteiger partial charge in [-0.1, -0.05) is 72.4 Å². The van der Waals surface area contributed by atoms with Crippen LogP contribution in [-0.4, -0.2) is 9.55 Å². The van der Waals surface area contributed by atoms with Crippen molar-refractivity contribution in [2.75, 3.05) is 0 Å². The van der Waals surface area contributed by atoms with Crippen molar-refractivity contribution in [3.8, 4) is 0 Å². The number of hydrogen-bond acceptors (Lipinski definition) is 4. The van der Waals surface area contributed by atoms with Crippen LogP contribution in [0, 0.1) is 0 Å². The third-order valence-electron chi connectivity index (χ3n) is 5.43. The average Bonchev–Trinajstić information content (AvgIpc) is 3.14. The maximum absolute atomic E-state index is 13.6. The Kier molecular flexibility index (Phi) is 5.25. The van der Waals surface area contributed by atoms with Crippen molar-refractivity contribution < 1.29 is 0 Å². The molecule has 146 valence electrons. The predicted molar refractivity (Wildman–Crippen MR) is 122 cm³/mol. The van der Waals surface area contributed by atoms with Crippen LogP contribution >= 0.6 is 23.1 Å². The molecule has 2 aromatic heterocycles. The zero-order chi connectivity index (χ0) is 19.6. The Labute approximate surface area is 178 Å². The number of rotatable bonds is 5. The highest BCUT2D eigenvalue weighted by Gasteiger charge is 2.22. The molecule has 0 radical (unpaired) electrons. The number of benzene rings is 2. The second kappa shape index (κ2) is 8.17. The molecule has 0 spiro atoms. The summed E-state index contributed by atoms with van der Waals surface area (Å²) >= 11 is 3.38. The molecule has 0 N–H and O–H groups in total. The highest BCUT2D eigenvalue weighted by atomic mass is 32.2. The van der Waals surface area contributed by atoms with Gasteiger partial charge in [0.25, 0.3) is 5.56 Å². The first kappa shape index (κ1) is 18.6. The van der Waals surface area contributed by atoms with Crippen LogP contribution in [0.4, 0.5) is 0 Å². The van der Waals surface area contributed by atoms with Gasteiger partial charge >= 0.3 is 0 Å². The summed E-state index contributed by atoms with van der Waals surface area (Å²) in [6.45, 7) is 0.560. The summed E-state index contributed by atoms with van der Waals surface area (Å²) in [5.41, 5.74) is 3.74. The zero-order valence-electron chi connectivity index (χ0n) is 16.1. The molecular weight excluding hydrogens is 396 g/mol. The summed E-state index contributed by atoms with van der Waals surface area (Å²) in [4.78, 5) is 20.9. The largest absolute Gasteiger partial charge is 0.283 e. The van der Waals surface area contributed by atoms with Gasteiger partial charge in [-0.25, -0.2) is 4.98 Å². The molecule has 0 atom stereocenters. The van der Waals surface area contributed by atoms with Crippen LogP contribution in [0.5, 0.6) is 0 Å². The first-order chi connectivity index (χ1) is 14.3. The molecule has 0 saturated heterocycles. The molecule has 0 bridgehead atoms. The minimum Gasteiger partial charge on any atom is -0.283 e. The number of thioether (sulfide) groups is 1. The predicted octanol–water partition coefficient (Wildman–Crippen LogP) is 5.68. The molecule has 0 fully saturated rings. The van der Waals surface area contributed by atoms with E-state index >= 15 is 0 Å². The third kappa shape index (κ3) is 3.77. The second-order valence-electron chi connectivity index (χ2n) is 7.44. The number of fused-ring (bicyclic) bond motifs is 3. The van der Waals surface area contributed by atoms with E-state index in [1.165, 1.54) is 28.8 Å². The zero-order valence-corrected chi connectivity index (χ0v) is 17.8. The first-order valence-corrected chi connectivity index (χ1v) is 11.9. The number of nitrogens with zero attached hydrogens (tertiary/aromatic N) is 2. The third-order valence-corrected chi connectivity index (χ3v) is 7.67.